The van der Waals surface area contributed by atoms with Crippen molar-refractivity contribution in [1.29, 1.82) is 0 Å². The van der Waals surface area contributed by atoms with Crippen molar-refractivity contribution < 1.29 is 14.6 Å². The highest BCUT2D eigenvalue weighted by molar-refractivity contribution is 5.76. The van der Waals surface area contributed by atoms with Crippen LogP contribution in [0.5, 0.6) is 5.75 Å². The Labute approximate surface area is 114 Å². The molecule has 1 rings (SSSR count). The van der Waals surface area contributed by atoms with Crippen LogP contribution in [-0.4, -0.2) is 42.2 Å². The SMILES string of the molecule is CCCN(CCO)C(=O)CCOc1ccccc1N. The number of nitrogens with two attached hydrogens (primary N) is 1. The van der Waals surface area contributed by atoms with Gasteiger partial charge in [-0.1, -0.05) is 19.1 Å². The third-order valence-electron chi connectivity index (χ3n) is 2.71. The van der Waals surface area contributed by atoms with Crippen LogP contribution in [0.1, 0.15) is 19.8 Å². The zero-order chi connectivity index (χ0) is 14.1. The Bertz CT molecular complexity index is 390. The summed E-state index contributed by atoms with van der Waals surface area (Å²) < 4.78 is 5.48. The average molecular weight is 266 g/mol. The number of nitrogens with zero attached hydrogens (tertiary/aromatic N) is 1. The molecular formula is C14H22N2O3. The van der Waals surface area contributed by atoms with Gasteiger partial charge in [-0.25, -0.2) is 0 Å². The molecule has 1 aromatic rings. The van der Waals surface area contributed by atoms with Crippen LogP contribution in [0.2, 0.25) is 0 Å². The summed E-state index contributed by atoms with van der Waals surface area (Å²) in [6, 6.07) is 7.20. The fourth-order valence-corrected chi connectivity index (χ4v) is 1.77. The lowest BCUT2D eigenvalue weighted by atomic mass is 10.3. The van der Waals surface area contributed by atoms with Gasteiger partial charge in [-0.3, -0.25) is 4.79 Å². The molecule has 5 heteroatoms. The van der Waals surface area contributed by atoms with Gasteiger partial charge in [-0.15, -0.1) is 0 Å². The second-order valence-corrected chi connectivity index (χ2v) is 4.24. The molecule has 0 bridgehead atoms. The second kappa shape index (κ2) is 8.37. The Morgan fingerprint density at radius 3 is 2.74 bits per heavy atom. The molecule has 1 aromatic carbocycles. The highest BCUT2D eigenvalue weighted by Crippen LogP contribution is 2.19. The first-order valence-corrected chi connectivity index (χ1v) is 6.55. The predicted octanol–water partition coefficient (Wildman–Crippen LogP) is 1.27. The van der Waals surface area contributed by atoms with Crippen molar-refractivity contribution in [2.75, 3.05) is 32.0 Å². The largest absolute Gasteiger partial charge is 0.491 e. The first kappa shape index (κ1) is 15.3. The van der Waals surface area contributed by atoms with Crippen molar-refractivity contribution in [2.24, 2.45) is 0 Å². The number of carbonyl (C=O) groups is 1. The molecule has 0 heterocycles. The molecule has 19 heavy (non-hydrogen) atoms. The highest BCUT2D eigenvalue weighted by Gasteiger charge is 2.12. The summed E-state index contributed by atoms with van der Waals surface area (Å²) in [7, 11) is 0. The van der Waals surface area contributed by atoms with E-state index in [1.807, 2.05) is 19.1 Å². The maximum atomic E-state index is 11.9. The average Bonchev–Trinajstić information content (AvgIpc) is 2.40. The first-order chi connectivity index (χ1) is 9.19. The number of benzene rings is 1. The minimum absolute atomic E-state index is 0.00889. The first-order valence-electron chi connectivity index (χ1n) is 6.55. The molecule has 0 radical (unpaired) electrons. The molecule has 3 N–H and O–H groups in total. The number of ether oxygens (including phenoxy) is 1. The summed E-state index contributed by atoms with van der Waals surface area (Å²) >= 11 is 0. The molecule has 5 nitrogen and oxygen atoms in total. The topological polar surface area (TPSA) is 75.8 Å². The zero-order valence-electron chi connectivity index (χ0n) is 11.3. The lowest BCUT2D eigenvalue weighted by Gasteiger charge is -2.21. The fraction of sp³-hybridized carbons (Fsp3) is 0.500. The molecule has 1 amide bonds. The predicted molar refractivity (Wildman–Crippen MR) is 74.9 cm³/mol. The van der Waals surface area contributed by atoms with Crippen LogP contribution in [0.4, 0.5) is 5.69 Å². The maximum Gasteiger partial charge on any atom is 0.226 e. The van der Waals surface area contributed by atoms with E-state index in [-0.39, 0.29) is 18.9 Å². The van der Waals surface area contributed by atoms with Gasteiger partial charge in [0.05, 0.1) is 25.3 Å². The summed E-state index contributed by atoms with van der Waals surface area (Å²) in [6.07, 6.45) is 1.16. The Kier molecular flexibility index (Phi) is 6.74. The van der Waals surface area contributed by atoms with E-state index in [4.69, 9.17) is 15.6 Å². The van der Waals surface area contributed by atoms with E-state index in [1.165, 1.54) is 0 Å². The zero-order valence-corrected chi connectivity index (χ0v) is 11.3. The molecule has 0 fully saturated rings. The molecule has 0 aromatic heterocycles. The Hall–Kier alpha value is -1.75. The van der Waals surface area contributed by atoms with Gasteiger partial charge in [0.2, 0.25) is 5.91 Å². The third kappa shape index (κ3) is 5.18. The lowest BCUT2D eigenvalue weighted by Crippen LogP contribution is -2.35. The minimum atomic E-state index is -0.0156. The third-order valence-corrected chi connectivity index (χ3v) is 2.71. The van der Waals surface area contributed by atoms with Crippen LogP contribution in [0, 0.1) is 0 Å². The van der Waals surface area contributed by atoms with Gasteiger partial charge >= 0.3 is 0 Å². The smallest absolute Gasteiger partial charge is 0.226 e. The Morgan fingerprint density at radius 2 is 2.11 bits per heavy atom. The van der Waals surface area contributed by atoms with Crippen LogP contribution < -0.4 is 10.5 Å². The molecule has 106 valence electrons. The number of amides is 1. The van der Waals surface area contributed by atoms with Gasteiger partial charge in [0.1, 0.15) is 5.75 Å². The van der Waals surface area contributed by atoms with E-state index >= 15 is 0 Å². The number of hydrogen-bond acceptors (Lipinski definition) is 4. The van der Waals surface area contributed by atoms with Crippen molar-refractivity contribution >= 4 is 11.6 Å². The van der Waals surface area contributed by atoms with Gasteiger partial charge in [-0.2, -0.15) is 0 Å². The molecule has 0 saturated carbocycles. The standard InChI is InChI=1S/C14H22N2O3/c1-2-8-16(9-10-17)14(18)7-11-19-13-6-4-3-5-12(13)15/h3-6,17H,2,7-11,15H2,1H3. The Morgan fingerprint density at radius 1 is 1.37 bits per heavy atom. The summed E-state index contributed by atoms with van der Waals surface area (Å²) in [5, 5.41) is 8.91. The maximum absolute atomic E-state index is 11.9. The summed E-state index contributed by atoms with van der Waals surface area (Å²) in [5.41, 5.74) is 6.30. The number of para-hydroxylation sites is 2. The minimum Gasteiger partial charge on any atom is -0.491 e. The van der Waals surface area contributed by atoms with Gasteiger partial charge in [0, 0.05) is 13.1 Å². The van der Waals surface area contributed by atoms with Gasteiger partial charge in [0.25, 0.3) is 0 Å². The van der Waals surface area contributed by atoms with Crippen LogP contribution in [0.25, 0.3) is 0 Å². The molecule has 0 spiro atoms. The number of nitrogen functional groups attached to an aromatic ring is 1. The van der Waals surface area contributed by atoms with E-state index in [2.05, 4.69) is 0 Å². The van der Waals surface area contributed by atoms with E-state index < -0.39 is 0 Å². The quantitative estimate of drug-likeness (QED) is 0.695. The van der Waals surface area contributed by atoms with E-state index in [0.717, 1.165) is 6.42 Å². The van der Waals surface area contributed by atoms with Crippen molar-refractivity contribution in [3.05, 3.63) is 24.3 Å². The number of carbonyl (C=O) groups excluding carboxylic acids is 1. The molecule has 0 aliphatic rings. The molecule has 0 aliphatic heterocycles. The number of rotatable bonds is 8. The Balaban J connectivity index is 2.39. The van der Waals surface area contributed by atoms with Gasteiger partial charge in [-0.05, 0) is 18.6 Å². The van der Waals surface area contributed by atoms with Crippen LogP contribution in [0.3, 0.4) is 0 Å². The fourth-order valence-electron chi connectivity index (χ4n) is 1.77. The number of aliphatic hydroxyl groups is 1. The number of hydrogen-bond donors (Lipinski definition) is 2. The monoisotopic (exact) mass is 266 g/mol. The molecule has 0 atom stereocenters. The van der Waals surface area contributed by atoms with E-state index in [0.29, 0.717) is 31.1 Å². The van der Waals surface area contributed by atoms with Crippen molar-refractivity contribution in [2.45, 2.75) is 19.8 Å². The highest BCUT2D eigenvalue weighted by atomic mass is 16.5. The van der Waals surface area contributed by atoms with Crippen LogP contribution in [0.15, 0.2) is 24.3 Å². The molecule has 0 saturated heterocycles. The normalized spacial score (nSPS) is 10.2. The molecule has 0 unspecified atom stereocenters. The summed E-state index contributed by atoms with van der Waals surface area (Å²) in [5.74, 6) is 0.588. The van der Waals surface area contributed by atoms with Crippen LogP contribution in [-0.2, 0) is 4.79 Å². The number of aliphatic hydroxyl groups excluding tert-OH is 1. The van der Waals surface area contributed by atoms with Crippen molar-refractivity contribution in [3.63, 3.8) is 0 Å². The summed E-state index contributed by atoms with van der Waals surface area (Å²) in [6.45, 7) is 3.31. The number of anilines is 1. The molecule has 0 aliphatic carbocycles. The lowest BCUT2D eigenvalue weighted by molar-refractivity contribution is -0.132. The van der Waals surface area contributed by atoms with E-state index in [1.54, 1.807) is 17.0 Å². The van der Waals surface area contributed by atoms with E-state index in [9.17, 15) is 4.79 Å². The van der Waals surface area contributed by atoms with Gasteiger partial charge in [0.15, 0.2) is 0 Å². The van der Waals surface area contributed by atoms with Gasteiger partial charge < -0.3 is 20.5 Å². The van der Waals surface area contributed by atoms with Crippen molar-refractivity contribution in [3.8, 4) is 5.75 Å². The van der Waals surface area contributed by atoms with Crippen LogP contribution >= 0.6 is 0 Å². The molecular weight excluding hydrogens is 244 g/mol. The second-order valence-electron chi connectivity index (χ2n) is 4.24. The van der Waals surface area contributed by atoms with Crippen molar-refractivity contribution in [1.82, 2.24) is 4.90 Å². The summed E-state index contributed by atoms with van der Waals surface area (Å²) in [4.78, 5) is 13.6.